The van der Waals surface area contributed by atoms with Crippen molar-refractivity contribution in [3.63, 3.8) is 0 Å². The summed E-state index contributed by atoms with van der Waals surface area (Å²) in [7, 11) is 0. The van der Waals surface area contributed by atoms with E-state index in [1.807, 2.05) is 58.0 Å². The number of carboxylic acid groups (broad SMARTS) is 1. The minimum absolute atomic E-state index is 0.0933. The van der Waals surface area contributed by atoms with Gasteiger partial charge in [0, 0.05) is 19.0 Å². The van der Waals surface area contributed by atoms with E-state index < -0.39 is 54.7 Å². The molecule has 1 unspecified atom stereocenters. The van der Waals surface area contributed by atoms with Crippen molar-refractivity contribution in [1.82, 2.24) is 21.3 Å². The fourth-order valence-electron chi connectivity index (χ4n) is 5.14. The van der Waals surface area contributed by atoms with Gasteiger partial charge in [0.25, 0.3) is 0 Å². The van der Waals surface area contributed by atoms with Crippen LogP contribution in [0.3, 0.4) is 0 Å². The average molecular weight is 600 g/mol. The Morgan fingerprint density at radius 1 is 0.953 bits per heavy atom. The molecule has 0 spiro atoms. The van der Waals surface area contributed by atoms with Crippen molar-refractivity contribution >= 4 is 35.6 Å². The van der Waals surface area contributed by atoms with E-state index in [0.717, 1.165) is 16.7 Å². The fraction of sp³-hybridized carbons (Fsp3) is 0.533. The van der Waals surface area contributed by atoms with Gasteiger partial charge in [-0.05, 0) is 44.6 Å². The first kappa shape index (κ1) is 34.8. The zero-order chi connectivity index (χ0) is 32.1. The van der Waals surface area contributed by atoms with Gasteiger partial charge in [-0.1, -0.05) is 55.3 Å². The highest BCUT2D eigenvalue weighted by Gasteiger charge is 2.32. The lowest BCUT2D eigenvalue weighted by Gasteiger charge is -2.29. The number of nitrogens with zero attached hydrogens (tertiary/aromatic N) is 1. The van der Waals surface area contributed by atoms with Crippen molar-refractivity contribution in [2.45, 2.75) is 65.5 Å². The fourth-order valence-corrected chi connectivity index (χ4v) is 5.14. The molecule has 0 bridgehead atoms. The molecule has 43 heavy (non-hydrogen) atoms. The summed E-state index contributed by atoms with van der Waals surface area (Å²) in [5, 5.41) is 19.9. The van der Waals surface area contributed by atoms with Crippen molar-refractivity contribution in [1.29, 1.82) is 0 Å². The Morgan fingerprint density at radius 2 is 1.60 bits per heavy atom. The van der Waals surface area contributed by atoms with Crippen LogP contribution >= 0.6 is 0 Å². The minimum atomic E-state index is -1.35. The van der Waals surface area contributed by atoms with Gasteiger partial charge in [0.1, 0.15) is 12.1 Å². The summed E-state index contributed by atoms with van der Waals surface area (Å²) in [4.78, 5) is 68.1. The summed E-state index contributed by atoms with van der Waals surface area (Å²) in [6, 6.07) is 7.32. The van der Waals surface area contributed by atoms with E-state index >= 15 is 0 Å². The lowest BCUT2D eigenvalue weighted by molar-refractivity contribution is -0.140. The molecule has 0 aromatic heterocycles. The predicted octanol–water partition coefficient (Wildman–Crippen LogP) is 0.198. The van der Waals surface area contributed by atoms with Crippen LogP contribution in [0.2, 0.25) is 0 Å². The minimum Gasteiger partial charge on any atom is -0.481 e. The average Bonchev–Trinajstić information content (AvgIpc) is 2.94. The zero-order valence-electron chi connectivity index (χ0n) is 25.3. The molecule has 1 aromatic rings. The van der Waals surface area contributed by atoms with Gasteiger partial charge in [-0.25, -0.2) is 0 Å². The summed E-state index contributed by atoms with van der Waals surface area (Å²) in [5.41, 5.74) is 13.5. The Labute approximate surface area is 252 Å². The first-order valence-electron chi connectivity index (χ1n) is 14.4. The SMILES string of the molecule is C/C1=C(/C)[C@@H](C(C)C)C(=O)N[C@@H](CCCN=C(N)N)C(=O)NCC(=O)NC(CC(=O)O)C(=O)NC[C@@H]1Cc1ccccc1. The van der Waals surface area contributed by atoms with E-state index in [1.165, 1.54) is 0 Å². The van der Waals surface area contributed by atoms with Crippen LogP contribution in [0.15, 0.2) is 46.5 Å². The molecule has 1 aromatic carbocycles. The number of carbonyl (C=O) groups is 5. The largest absolute Gasteiger partial charge is 0.481 e. The van der Waals surface area contributed by atoms with Gasteiger partial charge in [-0.15, -0.1) is 0 Å². The van der Waals surface area contributed by atoms with Crippen molar-refractivity contribution in [3.05, 3.63) is 47.0 Å². The third-order valence-electron chi connectivity index (χ3n) is 7.53. The summed E-state index contributed by atoms with van der Waals surface area (Å²) in [6.07, 6.45) is 0.482. The molecule has 1 heterocycles. The smallest absolute Gasteiger partial charge is 0.305 e. The van der Waals surface area contributed by atoms with Gasteiger partial charge in [0.2, 0.25) is 23.6 Å². The third-order valence-corrected chi connectivity index (χ3v) is 7.53. The number of hydrogen-bond acceptors (Lipinski definition) is 6. The molecule has 0 fully saturated rings. The summed E-state index contributed by atoms with van der Waals surface area (Å²) < 4.78 is 0. The molecule has 4 amide bonds. The summed E-state index contributed by atoms with van der Waals surface area (Å²) in [6.45, 7) is 7.50. The van der Waals surface area contributed by atoms with Crippen molar-refractivity contribution in [3.8, 4) is 0 Å². The molecular weight excluding hydrogens is 554 g/mol. The number of amides is 4. The van der Waals surface area contributed by atoms with Crippen LogP contribution in [0.25, 0.3) is 0 Å². The molecule has 0 saturated carbocycles. The quantitative estimate of drug-likeness (QED) is 0.0897. The van der Waals surface area contributed by atoms with Crippen LogP contribution in [0.1, 0.15) is 52.5 Å². The number of guanidine groups is 1. The summed E-state index contributed by atoms with van der Waals surface area (Å²) in [5.74, 6) is -4.67. The number of aliphatic imine (C=N–C) groups is 1. The topological polar surface area (TPSA) is 218 Å². The third kappa shape index (κ3) is 11.4. The Hall–Kier alpha value is -4.42. The standard InChI is InChI=1S/C30H45N7O6/c1-17(2)26-19(4)18(3)21(13-20-9-6-5-7-10-20)15-34-28(42)23(14-25(39)40)36-24(38)16-35-27(41)22(37-29(26)43)11-8-12-33-30(31)32/h5-7,9-10,17,21-23,26H,8,11-16H2,1-4H3,(H,34,42)(H,35,41)(H,36,38)(H,37,43)(H,39,40)(H4,31,32,33)/b19-18+/t21-,22-,23?,26+/m0/s1. The maximum Gasteiger partial charge on any atom is 0.305 e. The van der Waals surface area contributed by atoms with Gasteiger partial charge in [0.15, 0.2) is 5.96 Å². The molecule has 1 aliphatic heterocycles. The van der Waals surface area contributed by atoms with E-state index in [9.17, 15) is 29.1 Å². The van der Waals surface area contributed by atoms with E-state index in [1.54, 1.807) is 0 Å². The van der Waals surface area contributed by atoms with Crippen LogP contribution in [0.5, 0.6) is 0 Å². The van der Waals surface area contributed by atoms with Gasteiger partial charge >= 0.3 is 5.97 Å². The highest BCUT2D eigenvalue weighted by molar-refractivity contribution is 5.94. The number of nitrogens with one attached hydrogen (secondary N) is 4. The Bertz CT molecular complexity index is 1210. The molecular formula is C30H45N7O6. The van der Waals surface area contributed by atoms with Gasteiger partial charge in [0.05, 0.1) is 18.9 Å². The van der Waals surface area contributed by atoms with E-state index in [-0.39, 0.29) is 43.2 Å². The van der Waals surface area contributed by atoms with E-state index in [2.05, 4.69) is 26.3 Å². The number of carboxylic acids is 1. The van der Waals surface area contributed by atoms with Crippen LogP contribution < -0.4 is 32.7 Å². The Balaban J connectivity index is 2.53. The molecule has 1 aliphatic rings. The molecule has 2 rings (SSSR count). The van der Waals surface area contributed by atoms with Gasteiger partial charge in [-0.3, -0.25) is 29.0 Å². The van der Waals surface area contributed by atoms with E-state index in [0.29, 0.717) is 12.8 Å². The first-order chi connectivity index (χ1) is 20.3. The maximum absolute atomic E-state index is 13.7. The van der Waals surface area contributed by atoms with Crippen LogP contribution in [-0.4, -0.2) is 72.4 Å². The lowest BCUT2D eigenvalue weighted by atomic mass is 9.80. The second-order valence-electron chi connectivity index (χ2n) is 11.2. The normalized spacial score (nSPS) is 24.4. The molecule has 4 atom stereocenters. The second kappa shape index (κ2) is 16.9. The molecule has 9 N–H and O–H groups in total. The Morgan fingerprint density at radius 3 is 2.21 bits per heavy atom. The number of nitrogens with two attached hydrogens (primary N) is 2. The van der Waals surface area contributed by atoms with Gasteiger partial charge in [-0.2, -0.15) is 0 Å². The second-order valence-corrected chi connectivity index (χ2v) is 11.2. The number of rotatable bonds is 9. The molecule has 0 aliphatic carbocycles. The Kier molecular flexibility index (Phi) is 13.7. The molecule has 0 radical (unpaired) electrons. The lowest BCUT2D eigenvalue weighted by Crippen LogP contribution is -2.54. The molecule has 13 nitrogen and oxygen atoms in total. The highest BCUT2D eigenvalue weighted by Crippen LogP contribution is 2.29. The van der Waals surface area contributed by atoms with E-state index in [4.69, 9.17) is 11.5 Å². The van der Waals surface area contributed by atoms with Gasteiger partial charge < -0.3 is 37.8 Å². The van der Waals surface area contributed by atoms with Crippen molar-refractivity contribution < 1.29 is 29.1 Å². The maximum atomic E-state index is 13.7. The number of hydrogen-bond donors (Lipinski definition) is 7. The van der Waals surface area contributed by atoms with Crippen LogP contribution in [0.4, 0.5) is 0 Å². The van der Waals surface area contributed by atoms with Crippen molar-refractivity contribution in [2.75, 3.05) is 19.6 Å². The molecule has 13 heteroatoms. The highest BCUT2D eigenvalue weighted by atomic mass is 16.4. The van der Waals surface area contributed by atoms with Crippen LogP contribution in [0, 0.1) is 17.8 Å². The molecule has 236 valence electrons. The number of carbonyl (C=O) groups excluding carboxylic acids is 4. The molecule has 0 saturated heterocycles. The summed E-state index contributed by atoms with van der Waals surface area (Å²) >= 11 is 0. The predicted molar refractivity (Wildman–Crippen MR) is 162 cm³/mol. The number of aliphatic carboxylic acids is 1. The first-order valence-corrected chi connectivity index (χ1v) is 14.4. The van der Waals surface area contributed by atoms with Crippen LogP contribution in [-0.2, 0) is 30.4 Å². The monoisotopic (exact) mass is 599 g/mol. The zero-order valence-corrected chi connectivity index (χ0v) is 25.3. The van der Waals surface area contributed by atoms with Crippen molar-refractivity contribution in [2.24, 2.45) is 34.2 Å². The number of benzene rings is 1.